The number of nitrogens with zero attached hydrogens (tertiary/aromatic N) is 3. The lowest BCUT2D eigenvalue weighted by atomic mass is 10.0. The molecule has 4 nitrogen and oxygen atoms in total. The zero-order valence-corrected chi connectivity index (χ0v) is 9.89. The van der Waals surface area contributed by atoms with E-state index in [0.717, 1.165) is 0 Å². The Kier molecular flexibility index (Phi) is 3.14. The third-order valence-electron chi connectivity index (χ3n) is 2.53. The SMILES string of the molecule is Cn1ncc(Cl)c1C(O)c1cccc(C#N)c1. The molecule has 2 rings (SSSR count). The van der Waals surface area contributed by atoms with Crippen LogP contribution in [-0.4, -0.2) is 14.9 Å². The van der Waals surface area contributed by atoms with E-state index in [1.807, 2.05) is 6.07 Å². The van der Waals surface area contributed by atoms with Gasteiger partial charge in [-0.2, -0.15) is 10.4 Å². The second kappa shape index (κ2) is 4.58. The first-order valence-corrected chi connectivity index (χ1v) is 5.37. The molecule has 5 heteroatoms. The van der Waals surface area contributed by atoms with Crippen LogP contribution >= 0.6 is 11.6 Å². The number of hydrogen-bond donors (Lipinski definition) is 1. The smallest absolute Gasteiger partial charge is 0.122 e. The van der Waals surface area contributed by atoms with Crippen LogP contribution in [0, 0.1) is 11.3 Å². The predicted octanol–water partition coefficient (Wildman–Crippen LogP) is 2.03. The molecule has 0 saturated heterocycles. The standard InChI is InChI=1S/C12H10ClN3O/c1-16-11(10(13)7-15-16)12(17)9-4-2-3-8(5-9)6-14/h2-5,7,12,17H,1H3. The first-order valence-electron chi connectivity index (χ1n) is 4.99. The summed E-state index contributed by atoms with van der Waals surface area (Å²) in [7, 11) is 1.71. The van der Waals surface area contributed by atoms with Crippen molar-refractivity contribution in [1.29, 1.82) is 5.26 Å². The molecule has 1 atom stereocenters. The lowest BCUT2D eigenvalue weighted by Crippen LogP contribution is -2.07. The van der Waals surface area contributed by atoms with Gasteiger partial charge in [0.1, 0.15) is 6.10 Å². The Balaban J connectivity index is 2.44. The average molecular weight is 248 g/mol. The number of aliphatic hydroxyl groups is 1. The molecule has 0 saturated carbocycles. The fourth-order valence-electron chi connectivity index (χ4n) is 1.66. The molecule has 0 amide bonds. The number of nitriles is 1. The van der Waals surface area contributed by atoms with Crippen LogP contribution in [0.15, 0.2) is 30.5 Å². The van der Waals surface area contributed by atoms with E-state index >= 15 is 0 Å². The van der Waals surface area contributed by atoms with E-state index in [4.69, 9.17) is 16.9 Å². The summed E-state index contributed by atoms with van der Waals surface area (Å²) in [4.78, 5) is 0. The Hall–Kier alpha value is -1.83. The number of aryl methyl sites for hydroxylation is 1. The minimum atomic E-state index is -0.886. The van der Waals surface area contributed by atoms with Gasteiger partial charge >= 0.3 is 0 Å². The molecule has 1 aromatic heterocycles. The summed E-state index contributed by atoms with van der Waals surface area (Å²) < 4.78 is 1.52. The van der Waals surface area contributed by atoms with Gasteiger partial charge in [0, 0.05) is 7.05 Å². The third kappa shape index (κ3) is 2.16. The summed E-state index contributed by atoms with van der Waals surface area (Å²) in [6.07, 6.45) is 0.595. The highest BCUT2D eigenvalue weighted by Gasteiger charge is 2.18. The van der Waals surface area contributed by atoms with Gasteiger partial charge in [-0.1, -0.05) is 23.7 Å². The fourth-order valence-corrected chi connectivity index (χ4v) is 1.93. The summed E-state index contributed by atoms with van der Waals surface area (Å²) in [6, 6.07) is 8.81. The Labute approximate surface area is 104 Å². The number of rotatable bonds is 2. The minimum Gasteiger partial charge on any atom is -0.382 e. The van der Waals surface area contributed by atoms with E-state index in [1.165, 1.54) is 10.9 Å². The molecule has 0 aliphatic rings. The second-order valence-corrected chi connectivity index (χ2v) is 4.05. The van der Waals surface area contributed by atoms with E-state index in [-0.39, 0.29) is 0 Å². The van der Waals surface area contributed by atoms with E-state index in [2.05, 4.69) is 5.10 Å². The zero-order valence-electron chi connectivity index (χ0n) is 9.13. The van der Waals surface area contributed by atoms with Gasteiger partial charge in [0.15, 0.2) is 0 Å². The van der Waals surface area contributed by atoms with Gasteiger partial charge in [0.05, 0.1) is 28.5 Å². The van der Waals surface area contributed by atoms with Crippen LogP contribution in [0.25, 0.3) is 0 Å². The summed E-state index contributed by atoms with van der Waals surface area (Å²) in [5.74, 6) is 0. The molecular formula is C12H10ClN3O. The van der Waals surface area contributed by atoms with Crippen molar-refractivity contribution in [3.05, 3.63) is 52.3 Å². The highest BCUT2D eigenvalue weighted by Crippen LogP contribution is 2.27. The van der Waals surface area contributed by atoms with Crippen LogP contribution in [-0.2, 0) is 7.05 Å². The van der Waals surface area contributed by atoms with E-state index in [0.29, 0.717) is 21.8 Å². The van der Waals surface area contributed by atoms with Crippen LogP contribution in [0.2, 0.25) is 5.02 Å². The Morgan fingerprint density at radius 2 is 2.29 bits per heavy atom. The van der Waals surface area contributed by atoms with Crippen LogP contribution in [0.1, 0.15) is 22.9 Å². The number of benzene rings is 1. The van der Waals surface area contributed by atoms with Gasteiger partial charge in [-0.3, -0.25) is 4.68 Å². The van der Waals surface area contributed by atoms with Gasteiger partial charge in [-0.05, 0) is 17.7 Å². The van der Waals surface area contributed by atoms with Crippen molar-refractivity contribution in [2.24, 2.45) is 7.05 Å². The molecular weight excluding hydrogens is 238 g/mol. The summed E-state index contributed by atoms with van der Waals surface area (Å²) in [5.41, 5.74) is 1.64. The summed E-state index contributed by atoms with van der Waals surface area (Å²) in [5, 5.41) is 23.4. The molecule has 17 heavy (non-hydrogen) atoms. The first kappa shape index (κ1) is 11.6. The number of aromatic nitrogens is 2. The Morgan fingerprint density at radius 1 is 1.53 bits per heavy atom. The second-order valence-electron chi connectivity index (χ2n) is 3.64. The van der Waals surface area contributed by atoms with Gasteiger partial charge in [0.25, 0.3) is 0 Å². The van der Waals surface area contributed by atoms with E-state index < -0.39 is 6.10 Å². The average Bonchev–Trinajstić information content (AvgIpc) is 2.68. The summed E-state index contributed by atoms with van der Waals surface area (Å²) >= 11 is 5.96. The lowest BCUT2D eigenvalue weighted by molar-refractivity contribution is 0.210. The van der Waals surface area contributed by atoms with Gasteiger partial charge < -0.3 is 5.11 Å². The molecule has 2 aromatic rings. The van der Waals surface area contributed by atoms with Crippen molar-refractivity contribution in [3.63, 3.8) is 0 Å². The van der Waals surface area contributed by atoms with Crippen LogP contribution < -0.4 is 0 Å². The van der Waals surface area contributed by atoms with Crippen molar-refractivity contribution in [3.8, 4) is 6.07 Å². The molecule has 0 aliphatic heterocycles. The van der Waals surface area contributed by atoms with E-state index in [9.17, 15) is 5.11 Å². The molecule has 0 bridgehead atoms. The molecule has 1 N–H and O–H groups in total. The van der Waals surface area contributed by atoms with Crippen LogP contribution in [0.4, 0.5) is 0 Å². The molecule has 86 valence electrons. The van der Waals surface area contributed by atoms with Crippen molar-refractivity contribution < 1.29 is 5.11 Å². The normalized spacial score (nSPS) is 12.1. The Morgan fingerprint density at radius 3 is 2.88 bits per heavy atom. The van der Waals surface area contributed by atoms with Gasteiger partial charge in [0.2, 0.25) is 0 Å². The summed E-state index contributed by atoms with van der Waals surface area (Å²) in [6.45, 7) is 0. The topological polar surface area (TPSA) is 61.8 Å². The van der Waals surface area contributed by atoms with Crippen molar-refractivity contribution in [2.75, 3.05) is 0 Å². The highest BCUT2D eigenvalue weighted by atomic mass is 35.5. The predicted molar refractivity (Wildman–Crippen MR) is 63.4 cm³/mol. The molecule has 1 unspecified atom stereocenters. The maximum atomic E-state index is 10.2. The highest BCUT2D eigenvalue weighted by molar-refractivity contribution is 6.31. The van der Waals surface area contributed by atoms with Gasteiger partial charge in [-0.25, -0.2) is 0 Å². The third-order valence-corrected chi connectivity index (χ3v) is 2.82. The van der Waals surface area contributed by atoms with Crippen molar-refractivity contribution >= 4 is 11.6 Å². The molecule has 0 spiro atoms. The number of hydrogen-bond acceptors (Lipinski definition) is 3. The lowest BCUT2D eigenvalue weighted by Gasteiger charge is -2.12. The number of halogens is 1. The maximum Gasteiger partial charge on any atom is 0.122 e. The molecule has 0 aliphatic carbocycles. The number of aliphatic hydroxyl groups excluding tert-OH is 1. The largest absolute Gasteiger partial charge is 0.382 e. The quantitative estimate of drug-likeness (QED) is 0.883. The monoisotopic (exact) mass is 247 g/mol. The molecule has 1 heterocycles. The van der Waals surface area contributed by atoms with Crippen LogP contribution in [0.5, 0.6) is 0 Å². The molecule has 0 radical (unpaired) electrons. The molecule has 0 fully saturated rings. The molecule has 1 aromatic carbocycles. The first-order chi connectivity index (χ1) is 8.13. The Bertz CT molecular complexity index is 566. The van der Waals surface area contributed by atoms with Crippen molar-refractivity contribution in [2.45, 2.75) is 6.10 Å². The minimum absolute atomic E-state index is 0.405. The van der Waals surface area contributed by atoms with Crippen molar-refractivity contribution in [1.82, 2.24) is 9.78 Å². The van der Waals surface area contributed by atoms with Gasteiger partial charge in [-0.15, -0.1) is 0 Å². The zero-order chi connectivity index (χ0) is 12.4. The maximum absolute atomic E-state index is 10.2. The van der Waals surface area contributed by atoms with E-state index in [1.54, 1.807) is 31.3 Å². The fraction of sp³-hybridized carbons (Fsp3) is 0.167. The van der Waals surface area contributed by atoms with Crippen LogP contribution in [0.3, 0.4) is 0 Å².